The largest absolute Gasteiger partial charge is 0.496 e. The Bertz CT molecular complexity index is 611. The lowest BCUT2D eigenvalue weighted by atomic mass is 9.67. The van der Waals surface area contributed by atoms with E-state index in [1.54, 1.807) is 35.5 Å². The molecule has 1 fully saturated rings. The maximum absolute atomic E-state index is 5.51. The highest BCUT2D eigenvalue weighted by Crippen LogP contribution is 2.43. The lowest BCUT2D eigenvalue weighted by Crippen LogP contribution is -2.46. The highest BCUT2D eigenvalue weighted by atomic mass is 127. The Morgan fingerprint density at radius 2 is 1.68 bits per heavy atom. The second kappa shape index (κ2) is 12.2. The minimum Gasteiger partial charge on any atom is -0.496 e. The maximum Gasteiger partial charge on any atom is 0.191 e. The van der Waals surface area contributed by atoms with Gasteiger partial charge in [0.05, 0.1) is 33.4 Å². The molecule has 7 nitrogen and oxygen atoms in total. The molecule has 0 aromatic heterocycles. The summed E-state index contributed by atoms with van der Waals surface area (Å²) in [6.07, 6.45) is 4.84. The second-order valence-electron chi connectivity index (χ2n) is 6.89. The van der Waals surface area contributed by atoms with Crippen molar-refractivity contribution < 1.29 is 18.9 Å². The van der Waals surface area contributed by atoms with E-state index in [0.29, 0.717) is 29.2 Å². The molecule has 0 bridgehead atoms. The Kier molecular flexibility index (Phi) is 10.7. The molecule has 1 aliphatic rings. The van der Waals surface area contributed by atoms with Gasteiger partial charge < -0.3 is 29.6 Å². The summed E-state index contributed by atoms with van der Waals surface area (Å²) in [6.45, 7) is 2.22. The molecule has 1 aliphatic carbocycles. The van der Waals surface area contributed by atoms with Gasteiger partial charge in [-0.15, -0.1) is 24.0 Å². The van der Waals surface area contributed by atoms with Crippen molar-refractivity contribution >= 4 is 29.9 Å². The first kappa shape index (κ1) is 24.6. The van der Waals surface area contributed by atoms with Crippen LogP contribution in [0.1, 0.15) is 31.2 Å². The van der Waals surface area contributed by atoms with Gasteiger partial charge in [0.25, 0.3) is 0 Å². The zero-order valence-electron chi connectivity index (χ0n) is 17.6. The third-order valence-electron chi connectivity index (χ3n) is 5.35. The van der Waals surface area contributed by atoms with E-state index in [-0.39, 0.29) is 24.0 Å². The summed E-state index contributed by atoms with van der Waals surface area (Å²) < 4.78 is 21.6. The van der Waals surface area contributed by atoms with Gasteiger partial charge in [-0.2, -0.15) is 0 Å². The zero-order valence-corrected chi connectivity index (χ0v) is 19.9. The van der Waals surface area contributed by atoms with E-state index in [1.807, 2.05) is 12.1 Å². The highest BCUT2D eigenvalue weighted by molar-refractivity contribution is 14.0. The van der Waals surface area contributed by atoms with Crippen LogP contribution in [0.15, 0.2) is 17.1 Å². The molecule has 2 N–H and O–H groups in total. The summed E-state index contributed by atoms with van der Waals surface area (Å²) >= 11 is 0. The van der Waals surface area contributed by atoms with Crippen LogP contribution in [-0.4, -0.2) is 54.6 Å². The number of hydrogen-bond donors (Lipinski definition) is 2. The van der Waals surface area contributed by atoms with E-state index in [4.69, 9.17) is 18.9 Å². The van der Waals surface area contributed by atoms with E-state index < -0.39 is 0 Å². The fourth-order valence-electron chi connectivity index (χ4n) is 3.43. The Morgan fingerprint density at radius 1 is 1.04 bits per heavy atom. The van der Waals surface area contributed by atoms with Crippen LogP contribution in [0, 0.1) is 5.41 Å². The molecule has 1 saturated carbocycles. The number of methoxy groups -OCH3 is 4. The van der Waals surface area contributed by atoms with Gasteiger partial charge in [-0.05, 0) is 24.7 Å². The maximum atomic E-state index is 5.51. The molecule has 0 heterocycles. The van der Waals surface area contributed by atoms with Crippen molar-refractivity contribution in [1.82, 2.24) is 10.6 Å². The van der Waals surface area contributed by atoms with E-state index in [9.17, 15) is 0 Å². The molecular weight excluding hydrogens is 473 g/mol. The van der Waals surface area contributed by atoms with Gasteiger partial charge in [0.2, 0.25) is 0 Å². The van der Waals surface area contributed by atoms with E-state index >= 15 is 0 Å². The third kappa shape index (κ3) is 6.30. The van der Waals surface area contributed by atoms with Crippen molar-refractivity contribution in [2.75, 3.05) is 48.6 Å². The van der Waals surface area contributed by atoms with Gasteiger partial charge in [-0.1, -0.05) is 6.42 Å². The molecule has 28 heavy (non-hydrogen) atoms. The van der Waals surface area contributed by atoms with Crippen LogP contribution >= 0.6 is 24.0 Å². The van der Waals surface area contributed by atoms with Crippen molar-refractivity contribution in [1.29, 1.82) is 0 Å². The Morgan fingerprint density at radius 3 is 2.11 bits per heavy atom. The van der Waals surface area contributed by atoms with Crippen LogP contribution in [0.4, 0.5) is 0 Å². The lowest BCUT2D eigenvalue weighted by Gasteiger charge is -2.42. The number of guanidine groups is 1. The minimum atomic E-state index is 0. The van der Waals surface area contributed by atoms with Crippen molar-refractivity contribution in [2.45, 2.75) is 32.2 Å². The minimum absolute atomic E-state index is 0. The number of benzene rings is 1. The normalized spacial score (nSPS) is 15.1. The number of ether oxygens (including phenoxy) is 4. The standard InChI is InChI=1S/C20H33N3O4.HI/c1-21-19(23-14-20(7-6-8-20)9-10-24-2)22-13-16-17(26-4)11-15(25-3)12-18(16)27-5;/h11-12H,6-10,13-14H2,1-5H3,(H2,21,22,23);1H. The van der Waals surface area contributed by atoms with Crippen molar-refractivity contribution in [2.24, 2.45) is 10.4 Å². The average Bonchev–Trinajstić information content (AvgIpc) is 2.68. The monoisotopic (exact) mass is 507 g/mol. The van der Waals surface area contributed by atoms with Crippen LogP contribution in [0.25, 0.3) is 0 Å². The Hall–Kier alpha value is -1.42. The molecule has 1 aromatic rings. The summed E-state index contributed by atoms with van der Waals surface area (Å²) in [4.78, 5) is 4.35. The molecule has 2 rings (SSSR count). The number of nitrogens with one attached hydrogen (secondary N) is 2. The lowest BCUT2D eigenvalue weighted by molar-refractivity contribution is 0.0732. The molecule has 0 spiro atoms. The first-order valence-electron chi connectivity index (χ1n) is 9.33. The van der Waals surface area contributed by atoms with Gasteiger partial charge >= 0.3 is 0 Å². The SMILES string of the molecule is CN=C(NCc1c(OC)cc(OC)cc1OC)NCC1(CCOC)CCC1.I. The molecule has 0 saturated heterocycles. The molecule has 1 aromatic carbocycles. The average molecular weight is 507 g/mol. The molecule has 0 atom stereocenters. The zero-order chi connectivity index (χ0) is 19.7. The number of hydrogen-bond acceptors (Lipinski definition) is 5. The van der Waals surface area contributed by atoms with Gasteiger partial charge in [-0.25, -0.2) is 0 Å². The number of halogens is 1. The van der Waals surface area contributed by atoms with Crippen molar-refractivity contribution in [3.8, 4) is 17.2 Å². The summed E-state index contributed by atoms with van der Waals surface area (Å²) in [6, 6.07) is 3.70. The predicted octanol–water partition coefficient (Wildman–Crippen LogP) is 3.20. The van der Waals surface area contributed by atoms with Gasteiger partial charge in [0.1, 0.15) is 17.2 Å². The molecule has 0 aliphatic heterocycles. The Balaban J connectivity index is 0.00000392. The van der Waals surface area contributed by atoms with Crippen LogP contribution in [0.5, 0.6) is 17.2 Å². The third-order valence-corrected chi connectivity index (χ3v) is 5.35. The molecule has 0 radical (unpaired) electrons. The molecule has 0 unspecified atom stereocenters. The van der Waals surface area contributed by atoms with Crippen LogP contribution in [0.2, 0.25) is 0 Å². The van der Waals surface area contributed by atoms with E-state index in [1.165, 1.54) is 19.3 Å². The van der Waals surface area contributed by atoms with Gasteiger partial charge in [-0.3, -0.25) is 4.99 Å². The van der Waals surface area contributed by atoms with Crippen LogP contribution in [0.3, 0.4) is 0 Å². The summed E-state index contributed by atoms with van der Waals surface area (Å²) in [5, 5.41) is 6.82. The smallest absolute Gasteiger partial charge is 0.191 e. The summed E-state index contributed by atoms with van der Waals surface area (Å²) in [5.74, 6) is 2.88. The first-order valence-corrected chi connectivity index (χ1v) is 9.33. The predicted molar refractivity (Wildman–Crippen MR) is 122 cm³/mol. The fraction of sp³-hybridized carbons (Fsp3) is 0.650. The second-order valence-corrected chi connectivity index (χ2v) is 6.89. The first-order chi connectivity index (χ1) is 13.1. The molecule has 8 heteroatoms. The number of nitrogens with zero attached hydrogens (tertiary/aromatic N) is 1. The van der Waals surface area contributed by atoms with Crippen molar-refractivity contribution in [3.05, 3.63) is 17.7 Å². The quantitative estimate of drug-likeness (QED) is 0.288. The van der Waals surface area contributed by atoms with Gasteiger partial charge in [0, 0.05) is 39.4 Å². The van der Waals surface area contributed by atoms with Crippen LogP contribution < -0.4 is 24.8 Å². The molecular formula is C20H34IN3O4. The van der Waals surface area contributed by atoms with Crippen LogP contribution in [-0.2, 0) is 11.3 Å². The number of aliphatic imine (C=N–C) groups is 1. The molecule has 160 valence electrons. The van der Waals surface area contributed by atoms with Gasteiger partial charge in [0.15, 0.2) is 5.96 Å². The van der Waals surface area contributed by atoms with Crippen molar-refractivity contribution in [3.63, 3.8) is 0 Å². The van der Waals surface area contributed by atoms with E-state index in [2.05, 4.69) is 15.6 Å². The van der Waals surface area contributed by atoms with E-state index in [0.717, 1.165) is 31.1 Å². The molecule has 0 amide bonds. The highest BCUT2D eigenvalue weighted by Gasteiger charge is 2.36. The summed E-state index contributed by atoms with van der Waals surface area (Å²) in [5.41, 5.74) is 1.24. The topological polar surface area (TPSA) is 73.3 Å². The number of rotatable bonds is 10. The fourth-order valence-corrected chi connectivity index (χ4v) is 3.43. The Labute approximate surface area is 185 Å². The summed E-state index contributed by atoms with van der Waals surface area (Å²) in [7, 11) is 8.44.